The number of amides is 1. The molecule has 1 unspecified atom stereocenters. The van der Waals surface area contributed by atoms with Gasteiger partial charge in [-0.2, -0.15) is 0 Å². The van der Waals surface area contributed by atoms with Crippen LogP contribution in [0.4, 0.5) is 5.69 Å². The van der Waals surface area contributed by atoms with Gasteiger partial charge in [0.25, 0.3) is 5.91 Å². The third kappa shape index (κ3) is 4.42. The lowest BCUT2D eigenvalue weighted by Gasteiger charge is -2.25. The van der Waals surface area contributed by atoms with E-state index in [1.807, 2.05) is 0 Å². The molecular formula is C13H16N2O7. The summed E-state index contributed by atoms with van der Waals surface area (Å²) in [6, 6.07) is 5.56. The summed E-state index contributed by atoms with van der Waals surface area (Å²) in [5.74, 6) is -2.08. The Morgan fingerprint density at radius 2 is 2.05 bits per heavy atom. The van der Waals surface area contributed by atoms with Gasteiger partial charge in [0.2, 0.25) is 0 Å². The molecule has 0 bridgehead atoms. The molecule has 0 aromatic heterocycles. The maximum Gasteiger partial charge on any atom is 0.331 e. The minimum Gasteiger partial charge on any atom is -0.479 e. The molecule has 0 saturated heterocycles. The van der Waals surface area contributed by atoms with E-state index in [0.29, 0.717) is 0 Å². The fourth-order valence-corrected chi connectivity index (χ4v) is 1.66. The van der Waals surface area contributed by atoms with Gasteiger partial charge in [0.15, 0.2) is 17.9 Å². The van der Waals surface area contributed by atoms with Crippen molar-refractivity contribution >= 4 is 17.6 Å². The summed E-state index contributed by atoms with van der Waals surface area (Å²) < 4.78 is 9.83. The Labute approximate surface area is 126 Å². The predicted molar refractivity (Wildman–Crippen MR) is 74.7 cm³/mol. The SMILES string of the molecule is COCC(C)(NC(=O)COc1ccccc1[N+](=O)[O-])C(=O)O. The molecule has 0 heterocycles. The van der Waals surface area contributed by atoms with E-state index < -0.39 is 28.9 Å². The highest BCUT2D eigenvalue weighted by Gasteiger charge is 2.35. The molecule has 0 aliphatic carbocycles. The van der Waals surface area contributed by atoms with Crippen molar-refractivity contribution in [3.8, 4) is 5.75 Å². The van der Waals surface area contributed by atoms with Crippen LogP contribution in [0.5, 0.6) is 5.75 Å². The van der Waals surface area contributed by atoms with Crippen LogP contribution in [0, 0.1) is 10.1 Å². The second-order valence-corrected chi connectivity index (χ2v) is 4.63. The number of hydrogen-bond donors (Lipinski definition) is 2. The number of carbonyl (C=O) groups is 2. The lowest BCUT2D eigenvalue weighted by atomic mass is 10.0. The topological polar surface area (TPSA) is 128 Å². The van der Waals surface area contributed by atoms with Crippen molar-refractivity contribution in [2.24, 2.45) is 0 Å². The van der Waals surface area contributed by atoms with Gasteiger partial charge in [-0.25, -0.2) is 4.79 Å². The average Bonchev–Trinajstić information content (AvgIpc) is 2.45. The second-order valence-electron chi connectivity index (χ2n) is 4.63. The third-order valence-corrected chi connectivity index (χ3v) is 2.74. The number of para-hydroxylation sites is 2. The summed E-state index contributed by atoms with van der Waals surface area (Å²) in [6.07, 6.45) is 0. The molecule has 1 aromatic carbocycles. The van der Waals surface area contributed by atoms with Crippen LogP contribution >= 0.6 is 0 Å². The van der Waals surface area contributed by atoms with Crippen LogP contribution in [0.3, 0.4) is 0 Å². The quantitative estimate of drug-likeness (QED) is 0.530. The Morgan fingerprint density at radius 1 is 1.41 bits per heavy atom. The molecule has 1 atom stereocenters. The maximum absolute atomic E-state index is 11.8. The van der Waals surface area contributed by atoms with Crippen LogP contribution in [-0.2, 0) is 14.3 Å². The molecule has 9 nitrogen and oxygen atoms in total. The standard InChI is InChI=1S/C13H16N2O7/c1-13(8-21-2,12(17)18)14-11(16)7-22-10-6-4-3-5-9(10)15(19)20/h3-6H,7-8H2,1-2H3,(H,14,16)(H,17,18). The van der Waals surface area contributed by atoms with Crippen LogP contribution < -0.4 is 10.1 Å². The van der Waals surface area contributed by atoms with Crippen molar-refractivity contribution in [2.45, 2.75) is 12.5 Å². The average molecular weight is 312 g/mol. The molecule has 22 heavy (non-hydrogen) atoms. The number of rotatable bonds is 8. The van der Waals surface area contributed by atoms with Crippen LogP contribution in [-0.4, -0.2) is 47.8 Å². The van der Waals surface area contributed by atoms with Crippen molar-refractivity contribution in [2.75, 3.05) is 20.3 Å². The lowest BCUT2D eigenvalue weighted by molar-refractivity contribution is -0.385. The molecule has 0 spiro atoms. The van der Waals surface area contributed by atoms with Crippen molar-refractivity contribution < 1.29 is 29.1 Å². The zero-order chi connectivity index (χ0) is 16.8. The largest absolute Gasteiger partial charge is 0.479 e. The normalized spacial score (nSPS) is 13.0. The van der Waals surface area contributed by atoms with E-state index in [1.54, 1.807) is 0 Å². The van der Waals surface area contributed by atoms with Gasteiger partial charge < -0.3 is 19.9 Å². The van der Waals surface area contributed by atoms with Gasteiger partial charge >= 0.3 is 11.7 Å². The zero-order valence-corrected chi connectivity index (χ0v) is 12.1. The van der Waals surface area contributed by atoms with E-state index in [-0.39, 0.29) is 18.0 Å². The number of aliphatic carboxylic acids is 1. The fraction of sp³-hybridized carbons (Fsp3) is 0.385. The Morgan fingerprint density at radius 3 is 2.59 bits per heavy atom. The van der Waals surface area contributed by atoms with Crippen LogP contribution in [0.2, 0.25) is 0 Å². The second kappa shape index (κ2) is 7.36. The van der Waals surface area contributed by atoms with Crippen LogP contribution in [0.15, 0.2) is 24.3 Å². The first-order chi connectivity index (χ1) is 10.3. The smallest absolute Gasteiger partial charge is 0.331 e. The minimum absolute atomic E-state index is 0.0774. The summed E-state index contributed by atoms with van der Waals surface area (Å²) in [7, 11) is 1.30. The number of nitro groups is 1. The summed E-state index contributed by atoms with van der Waals surface area (Å²) in [4.78, 5) is 33.1. The number of hydrogen-bond acceptors (Lipinski definition) is 6. The minimum atomic E-state index is -1.61. The third-order valence-electron chi connectivity index (χ3n) is 2.74. The highest BCUT2D eigenvalue weighted by molar-refractivity contribution is 5.87. The number of benzene rings is 1. The molecule has 9 heteroatoms. The number of nitrogens with one attached hydrogen (secondary N) is 1. The highest BCUT2D eigenvalue weighted by atomic mass is 16.6. The molecule has 0 aliphatic heterocycles. The number of carbonyl (C=O) groups excluding carboxylic acids is 1. The van der Waals surface area contributed by atoms with E-state index >= 15 is 0 Å². The molecule has 1 amide bonds. The number of nitro benzene ring substituents is 1. The summed E-state index contributed by atoms with van der Waals surface area (Å²) >= 11 is 0. The summed E-state index contributed by atoms with van der Waals surface area (Å²) in [6.45, 7) is 0.485. The predicted octanol–water partition coefficient (Wildman–Crippen LogP) is 0.579. The molecule has 0 saturated carbocycles. The van der Waals surface area contributed by atoms with Gasteiger partial charge in [0.1, 0.15) is 0 Å². The number of nitrogens with zero attached hydrogens (tertiary/aromatic N) is 1. The Kier molecular flexibility index (Phi) is 5.81. The van der Waals surface area contributed by atoms with Gasteiger partial charge in [-0.3, -0.25) is 14.9 Å². The maximum atomic E-state index is 11.8. The van der Waals surface area contributed by atoms with E-state index in [4.69, 9.17) is 14.6 Å². The van der Waals surface area contributed by atoms with Gasteiger partial charge in [-0.05, 0) is 13.0 Å². The number of methoxy groups -OCH3 is 1. The first-order valence-electron chi connectivity index (χ1n) is 6.19. The molecular weight excluding hydrogens is 296 g/mol. The first kappa shape index (κ1) is 17.4. The Hall–Kier alpha value is -2.68. The zero-order valence-electron chi connectivity index (χ0n) is 12.1. The van der Waals surface area contributed by atoms with Gasteiger partial charge in [-0.1, -0.05) is 12.1 Å². The van der Waals surface area contributed by atoms with Crippen LogP contribution in [0.1, 0.15) is 6.92 Å². The van der Waals surface area contributed by atoms with E-state index in [0.717, 1.165) is 0 Å². The summed E-state index contributed by atoms with van der Waals surface area (Å²) in [5.41, 5.74) is -1.90. The van der Waals surface area contributed by atoms with E-state index in [1.165, 1.54) is 38.3 Å². The molecule has 120 valence electrons. The Bertz CT molecular complexity index is 575. The van der Waals surface area contributed by atoms with Gasteiger partial charge in [-0.15, -0.1) is 0 Å². The molecule has 2 N–H and O–H groups in total. The molecule has 1 aromatic rings. The van der Waals surface area contributed by atoms with Crippen molar-refractivity contribution in [1.82, 2.24) is 5.32 Å². The number of carboxylic acid groups (broad SMARTS) is 1. The highest BCUT2D eigenvalue weighted by Crippen LogP contribution is 2.25. The van der Waals surface area contributed by atoms with Gasteiger partial charge in [0, 0.05) is 13.2 Å². The van der Waals surface area contributed by atoms with Crippen molar-refractivity contribution in [3.05, 3.63) is 34.4 Å². The monoisotopic (exact) mass is 312 g/mol. The van der Waals surface area contributed by atoms with Crippen molar-refractivity contribution in [1.29, 1.82) is 0 Å². The number of ether oxygens (including phenoxy) is 2. The molecule has 0 aliphatic rings. The van der Waals surface area contributed by atoms with Gasteiger partial charge in [0.05, 0.1) is 11.5 Å². The molecule has 0 radical (unpaired) electrons. The van der Waals surface area contributed by atoms with E-state index in [9.17, 15) is 19.7 Å². The van der Waals surface area contributed by atoms with Crippen molar-refractivity contribution in [3.63, 3.8) is 0 Å². The number of carboxylic acids is 1. The Balaban J connectivity index is 2.71. The van der Waals surface area contributed by atoms with Crippen LogP contribution in [0.25, 0.3) is 0 Å². The molecule has 0 fully saturated rings. The summed E-state index contributed by atoms with van der Waals surface area (Å²) in [5, 5.41) is 22.1. The van der Waals surface area contributed by atoms with E-state index in [2.05, 4.69) is 5.32 Å². The first-order valence-corrected chi connectivity index (χ1v) is 6.19. The lowest BCUT2D eigenvalue weighted by Crippen LogP contribution is -2.56. The fourth-order valence-electron chi connectivity index (χ4n) is 1.66. The molecule has 1 rings (SSSR count).